The number of urea groups is 1. The van der Waals surface area contributed by atoms with Gasteiger partial charge in [-0.3, -0.25) is 5.32 Å². The van der Waals surface area contributed by atoms with Gasteiger partial charge in [-0.1, -0.05) is 56.4 Å². The summed E-state index contributed by atoms with van der Waals surface area (Å²) in [5.74, 6) is 0.712. The predicted molar refractivity (Wildman–Crippen MR) is 110 cm³/mol. The lowest BCUT2D eigenvalue weighted by Crippen LogP contribution is -2.19. The Morgan fingerprint density at radius 2 is 1.70 bits per heavy atom. The summed E-state index contributed by atoms with van der Waals surface area (Å²) in [5, 5.41) is 14.8. The van der Waals surface area contributed by atoms with Gasteiger partial charge in [0.1, 0.15) is 5.75 Å². The Morgan fingerprint density at radius 3 is 2.37 bits per heavy atom. The van der Waals surface area contributed by atoms with Crippen LogP contribution >= 0.6 is 11.3 Å². The van der Waals surface area contributed by atoms with Crippen molar-refractivity contribution in [2.24, 2.45) is 0 Å². The molecule has 0 bridgehead atoms. The van der Waals surface area contributed by atoms with Crippen LogP contribution in [-0.4, -0.2) is 23.3 Å². The Kier molecular flexibility index (Phi) is 5.41. The normalized spacial score (nSPS) is 11.1. The minimum atomic E-state index is -0.360. The second kappa shape index (κ2) is 7.75. The van der Waals surface area contributed by atoms with Gasteiger partial charge in [-0.15, -0.1) is 10.2 Å². The zero-order valence-electron chi connectivity index (χ0n) is 15.7. The van der Waals surface area contributed by atoms with E-state index in [-0.39, 0.29) is 11.4 Å². The number of nitrogens with one attached hydrogen (secondary N) is 2. The molecular formula is C20H22N4O2S. The van der Waals surface area contributed by atoms with Gasteiger partial charge in [0.15, 0.2) is 5.01 Å². The molecule has 2 amide bonds. The standard InChI is InChI=1S/C20H22N4O2S/c1-20(2,3)13-9-11-14(12-10-13)21-18(25)22-19-24-23-17(27-19)15-7-5-6-8-16(15)26-4/h5-12H,1-4H3,(H2,21,22,24,25). The highest BCUT2D eigenvalue weighted by molar-refractivity contribution is 7.18. The number of anilines is 2. The van der Waals surface area contributed by atoms with Gasteiger partial charge < -0.3 is 10.1 Å². The van der Waals surface area contributed by atoms with E-state index in [9.17, 15) is 4.79 Å². The fourth-order valence-electron chi connectivity index (χ4n) is 2.52. The third-order valence-electron chi connectivity index (χ3n) is 3.99. The average Bonchev–Trinajstić information content (AvgIpc) is 3.09. The van der Waals surface area contributed by atoms with Crippen molar-refractivity contribution in [3.05, 3.63) is 54.1 Å². The number of hydrogen-bond acceptors (Lipinski definition) is 5. The molecule has 3 aromatic rings. The number of carbonyl (C=O) groups is 1. The van der Waals surface area contributed by atoms with Crippen LogP contribution in [0, 0.1) is 0 Å². The quantitative estimate of drug-likeness (QED) is 0.654. The molecule has 0 spiro atoms. The first kappa shape index (κ1) is 18.8. The summed E-state index contributed by atoms with van der Waals surface area (Å²) >= 11 is 1.29. The number of aromatic nitrogens is 2. The molecule has 6 nitrogen and oxygen atoms in total. The van der Waals surface area contributed by atoms with Gasteiger partial charge in [-0.25, -0.2) is 4.79 Å². The molecule has 7 heteroatoms. The fraction of sp³-hybridized carbons (Fsp3) is 0.250. The number of amides is 2. The molecule has 0 atom stereocenters. The van der Waals surface area contributed by atoms with Gasteiger partial charge in [-0.05, 0) is 35.2 Å². The van der Waals surface area contributed by atoms with E-state index < -0.39 is 0 Å². The Labute approximate surface area is 162 Å². The van der Waals surface area contributed by atoms with Crippen LogP contribution in [0.1, 0.15) is 26.3 Å². The van der Waals surface area contributed by atoms with Crippen molar-refractivity contribution in [1.82, 2.24) is 10.2 Å². The molecule has 0 aliphatic carbocycles. The minimum Gasteiger partial charge on any atom is -0.496 e. The average molecular weight is 382 g/mol. The maximum atomic E-state index is 12.2. The molecule has 0 fully saturated rings. The van der Waals surface area contributed by atoms with Crippen LogP contribution in [0.25, 0.3) is 10.6 Å². The molecule has 0 aliphatic heterocycles. The zero-order chi connectivity index (χ0) is 19.4. The maximum Gasteiger partial charge on any atom is 0.325 e. The molecule has 0 saturated carbocycles. The van der Waals surface area contributed by atoms with Crippen LogP contribution in [0.3, 0.4) is 0 Å². The van der Waals surface area contributed by atoms with Gasteiger partial charge in [0.05, 0.1) is 12.7 Å². The largest absolute Gasteiger partial charge is 0.496 e. The summed E-state index contributed by atoms with van der Waals surface area (Å²) in [5.41, 5.74) is 2.83. The molecule has 0 unspecified atom stereocenters. The molecule has 1 aromatic heterocycles. The lowest BCUT2D eigenvalue weighted by Gasteiger charge is -2.19. The van der Waals surface area contributed by atoms with Crippen molar-refractivity contribution < 1.29 is 9.53 Å². The number of carbonyl (C=O) groups excluding carboxylic acids is 1. The van der Waals surface area contributed by atoms with Crippen molar-refractivity contribution in [3.8, 4) is 16.3 Å². The second-order valence-corrected chi connectivity index (χ2v) is 8.00. The van der Waals surface area contributed by atoms with Gasteiger partial charge in [0, 0.05) is 5.69 Å². The van der Waals surface area contributed by atoms with E-state index >= 15 is 0 Å². The molecule has 2 N–H and O–H groups in total. The van der Waals surface area contributed by atoms with Crippen molar-refractivity contribution in [1.29, 1.82) is 0 Å². The Balaban J connectivity index is 1.66. The first-order valence-corrected chi connectivity index (χ1v) is 9.34. The lowest BCUT2D eigenvalue weighted by atomic mass is 9.87. The minimum absolute atomic E-state index is 0.0717. The topological polar surface area (TPSA) is 76.1 Å². The van der Waals surface area contributed by atoms with Crippen molar-refractivity contribution in [3.63, 3.8) is 0 Å². The first-order chi connectivity index (χ1) is 12.9. The van der Waals surface area contributed by atoms with Gasteiger partial charge in [0.25, 0.3) is 0 Å². The Hall–Kier alpha value is -2.93. The summed E-state index contributed by atoms with van der Waals surface area (Å²) in [7, 11) is 1.61. The maximum absolute atomic E-state index is 12.2. The van der Waals surface area contributed by atoms with E-state index in [1.807, 2.05) is 48.5 Å². The first-order valence-electron chi connectivity index (χ1n) is 8.52. The highest BCUT2D eigenvalue weighted by Crippen LogP contribution is 2.33. The number of ether oxygens (including phenoxy) is 1. The molecule has 27 heavy (non-hydrogen) atoms. The van der Waals surface area contributed by atoms with Crippen LogP contribution in [0.15, 0.2) is 48.5 Å². The van der Waals surface area contributed by atoms with Crippen molar-refractivity contribution >= 4 is 28.2 Å². The molecule has 140 valence electrons. The molecule has 0 radical (unpaired) electrons. The van der Waals surface area contributed by atoms with Gasteiger partial charge >= 0.3 is 6.03 Å². The number of hydrogen-bond donors (Lipinski definition) is 2. The Bertz CT molecular complexity index is 930. The Morgan fingerprint density at radius 1 is 1.00 bits per heavy atom. The highest BCUT2D eigenvalue weighted by Gasteiger charge is 2.15. The fourth-order valence-corrected chi connectivity index (χ4v) is 3.29. The number of nitrogens with zero attached hydrogens (tertiary/aromatic N) is 2. The molecule has 3 rings (SSSR count). The monoisotopic (exact) mass is 382 g/mol. The summed E-state index contributed by atoms with van der Waals surface area (Å²) in [6.45, 7) is 6.45. The SMILES string of the molecule is COc1ccccc1-c1nnc(NC(=O)Nc2ccc(C(C)(C)C)cc2)s1. The van der Waals surface area contributed by atoms with Crippen LogP contribution in [0.4, 0.5) is 15.6 Å². The van der Waals surface area contributed by atoms with Gasteiger partial charge in [-0.2, -0.15) is 0 Å². The van der Waals surface area contributed by atoms with E-state index in [0.29, 0.717) is 15.9 Å². The molecule has 1 heterocycles. The van der Waals surface area contributed by atoms with Crippen molar-refractivity contribution in [2.45, 2.75) is 26.2 Å². The van der Waals surface area contributed by atoms with E-state index in [1.54, 1.807) is 7.11 Å². The second-order valence-electron chi connectivity index (χ2n) is 7.02. The molecular weight excluding hydrogens is 360 g/mol. The summed E-state index contributed by atoms with van der Waals surface area (Å²) in [6, 6.07) is 15.0. The number of methoxy groups -OCH3 is 1. The third kappa shape index (κ3) is 4.62. The summed E-state index contributed by atoms with van der Waals surface area (Å²) in [6.07, 6.45) is 0. The van der Waals surface area contributed by atoms with Crippen LogP contribution in [0.2, 0.25) is 0 Å². The van der Waals surface area contributed by atoms with Crippen molar-refractivity contribution in [2.75, 3.05) is 17.7 Å². The number of benzene rings is 2. The van der Waals surface area contributed by atoms with Crippen LogP contribution < -0.4 is 15.4 Å². The summed E-state index contributed by atoms with van der Waals surface area (Å²) < 4.78 is 5.34. The zero-order valence-corrected chi connectivity index (χ0v) is 16.6. The van der Waals surface area contributed by atoms with Crippen LogP contribution in [0.5, 0.6) is 5.75 Å². The number of rotatable bonds is 4. The van der Waals surface area contributed by atoms with E-state index in [2.05, 4.69) is 41.6 Å². The molecule has 0 saturated heterocycles. The van der Waals surface area contributed by atoms with E-state index in [4.69, 9.17) is 4.74 Å². The molecule has 2 aromatic carbocycles. The van der Waals surface area contributed by atoms with E-state index in [0.717, 1.165) is 11.3 Å². The lowest BCUT2D eigenvalue weighted by molar-refractivity contribution is 0.262. The number of para-hydroxylation sites is 1. The molecule has 0 aliphatic rings. The smallest absolute Gasteiger partial charge is 0.325 e. The van der Waals surface area contributed by atoms with Crippen LogP contribution in [-0.2, 0) is 5.41 Å². The highest BCUT2D eigenvalue weighted by atomic mass is 32.1. The predicted octanol–water partition coefficient (Wildman–Crippen LogP) is 5.16. The third-order valence-corrected chi connectivity index (χ3v) is 4.86. The van der Waals surface area contributed by atoms with E-state index in [1.165, 1.54) is 16.9 Å². The van der Waals surface area contributed by atoms with Gasteiger partial charge in [0.2, 0.25) is 5.13 Å². The summed E-state index contributed by atoms with van der Waals surface area (Å²) in [4.78, 5) is 12.2.